The molecule has 1 heterocycles. The lowest BCUT2D eigenvalue weighted by Gasteiger charge is -2.35. The summed E-state index contributed by atoms with van der Waals surface area (Å²) in [5.41, 5.74) is 5.09. The number of hydrogen-bond acceptors (Lipinski definition) is 3. The molecule has 0 radical (unpaired) electrons. The first-order chi connectivity index (χ1) is 13.0. The number of quaternary nitrogens is 1. The molecule has 1 unspecified atom stereocenters. The molecular formula is C22H29N2O3+. The maximum absolute atomic E-state index is 11.6. The smallest absolute Gasteiger partial charge is 0.217 e. The zero-order valence-electron chi connectivity index (χ0n) is 16.6. The van der Waals surface area contributed by atoms with E-state index in [0.29, 0.717) is 6.54 Å². The number of carbonyl (C=O) groups excluding carboxylic acids is 1. The first-order valence-corrected chi connectivity index (χ1v) is 9.41. The van der Waals surface area contributed by atoms with Crippen molar-refractivity contribution >= 4 is 5.91 Å². The van der Waals surface area contributed by atoms with Crippen LogP contribution in [-0.4, -0.2) is 33.2 Å². The molecule has 2 aromatic rings. The maximum Gasteiger partial charge on any atom is 0.217 e. The van der Waals surface area contributed by atoms with Crippen LogP contribution in [0, 0.1) is 6.92 Å². The van der Waals surface area contributed by atoms with E-state index in [0.717, 1.165) is 31.0 Å². The second kappa shape index (κ2) is 8.44. The predicted molar refractivity (Wildman–Crippen MR) is 105 cm³/mol. The third-order valence-electron chi connectivity index (χ3n) is 5.34. The third kappa shape index (κ3) is 4.42. The molecule has 0 saturated carbocycles. The summed E-state index contributed by atoms with van der Waals surface area (Å²) >= 11 is 0. The number of rotatable bonds is 6. The van der Waals surface area contributed by atoms with Gasteiger partial charge in [-0.1, -0.05) is 29.8 Å². The summed E-state index contributed by atoms with van der Waals surface area (Å²) in [6.07, 6.45) is 0.980. The second-order valence-corrected chi connectivity index (χ2v) is 7.22. The molecule has 2 N–H and O–H groups in total. The van der Waals surface area contributed by atoms with Gasteiger partial charge in [0.15, 0.2) is 11.5 Å². The van der Waals surface area contributed by atoms with Gasteiger partial charge in [0.05, 0.1) is 27.3 Å². The van der Waals surface area contributed by atoms with Crippen molar-refractivity contribution in [3.8, 4) is 11.5 Å². The standard InChI is InChI=1S/C22H28N2O3/c1-15-5-7-17(8-6-15)14-24-10-9-18-11-21(26-3)22(27-4)12-19(18)20(24)13-23-16(2)25/h5-8,11-12,20H,9-10,13-14H2,1-4H3,(H,23,25)/p+1/t20-/m0/s1. The summed E-state index contributed by atoms with van der Waals surface area (Å²) < 4.78 is 11.0. The van der Waals surface area contributed by atoms with E-state index >= 15 is 0 Å². The highest BCUT2D eigenvalue weighted by Crippen LogP contribution is 2.34. The van der Waals surface area contributed by atoms with Crippen molar-refractivity contribution in [3.05, 3.63) is 58.7 Å². The first kappa shape index (κ1) is 19.2. The molecule has 3 rings (SSSR count). The van der Waals surface area contributed by atoms with Gasteiger partial charge in [-0.05, 0) is 24.6 Å². The number of carbonyl (C=O) groups is 1. The van der Waals surface area contributed by atoms with Crippen LogP contribution in [-0.2, 0) is 17.8 Å². The van der Waals surface area contributed by atoms with E-state index in [1.54, 1.807) is 21.1 Å². The Balaban J connectivity index is 1.93. The number of ether oxygens (including phenoxy) is 2. The number of aryl methyl sites for hydroxylation is 1. The number of benzene rings is 2. The fraction of sp³-hybridized carbons (Fsp3) is 0.409. The van der Waals surface area contributed by atoms with Crippen molar-refractivity contribution in [1.82, 2.24) is 5.32 Å². The number of fused-ring (bicyclic) bond motifs is 1. The van der Waals surface area contributed by atoms with Crippen LogP contribution in [0.15, 0.2) is 36.4 Å². The Morgan fingerprint density at radius 1 is 1.15 bits per heavy atom. The molecule has 5 nitrogen and oxygen atoms in total. The molecule has 144 valence electrons. The van der Waals surface area contributed by atoms with Gasteiger partial charge in [-0.25, -0.2) is 0 Å². The van der Waals surface area contributed by atoms with E-state index < -0.39 is 0 Å². The quantitative estimate of drug-likeness (QED) is 0.817. The highest BCUT2D eigenvalue weighted by Gasteiger charge is 2.32. The minimum Gasteiger partial charge on any atom is -0.493 e. The van der Waals surface area contributed by atoms with Crippen molar-refractivity contribution < 1.29 is 19.2 Å². The molecule has 2 atom stereocenters. The molecule has 5 heteroatoms. The molecule has 0 aromatic heterocycles. The first-order valence-electron chi connectivity index (χ1n) is 9.41. The van der Waals surface area contributed by atoms with Crippen molar-refractivity contribution in [2.24, 2.45) is 0 Å². The molecule has 1 amide bonds. The van der Waals surface area contributed by atoms with E-state index in [2.05, 4.69) is 48.6 Å². The largest absolute Gasteiger partial charge is 0.493 e. The fourth-order valence-corrected chi connectivity index (χ4v) is 3.85. The van der Waals surface area contributed by atoms with Crippen LogP contribution in [0.25, 0.3) is 0 Å². The SMILES string of the molecule is COc1cc2c(cc1OC)[C@H](CNC(C)=O)[NH+](Cc1ccc(C)cc1)CC2. The van der Waals surface area contributed by atoms with Crippen LogP contribution in [0.1, 0.15) is 35.2 Å². The van der Waals surface area contributed by atoms with Gasteiger partial charge in [0.25, 0.3) is 0 Å². The zero-order valence-corrected chi connectivity index (χ0v) is 16.6. The minimum absolute atomic E-state index is 0.00251. The normalized spacial score (nSPS) is 18.5. The molecule has 0 bridgehead atoms. The lowest BCUT2D eigenvalue weighted by molar-refractivity contribution is -0.945. The van der Waals surface area contributed by atoms with Crippen molar-refractivity contribution in [2.45, 2.75) is 32.9 Å². The average molecular weight is 369 g/mol. The Bertz CT molecular complexity index is 802. The number of methoxy groups -OCH3 is 2. The van der Waals surface area contributed by atoms with Gasteiger partial charge in [0, 0.05) is 24.5 Å². The summed E-state index contributed by atoms with van der Waals surface area (Å²) in [7, 11) is 3.32. The maximum atomic E-state index is 11.6. The van der Waals surface area contributed by atoms with Crippen molar-refractivity contribution in [1.29, 1.82) is 0 Å². The van der Waals surface area contributed by atoms with Gasteiger partial charge >= 0.3 is 0 Å². The van der Waals surface area contributed by atoms with Gasteiger partial charge in [0.2, 0.25) is 5.91 Å². The lowest BCUT2D eigenvalue weighted by atomic mass is 9.91. The Morgan fingerprint density at radius 3 is 2.44 bits per heavy atom. The fourth-order valence-electron chi connectivity index (χ4n) is 3.85. The summed E-state index contributed by atoms with van der Waals surface area (Å²) in [6, 6.07) is 13.0. The Labute approximate surface area is 161 Å². The molecule has 0 fully saturated rings. The number of amides is 1. The van der Waals surface area contributed by atoms with Gasteiger partial charge in [-0.15, -0.1) is 0 Å². The molecule has 0 saturated heterocycles. The minimum atomic E-state index is -0.00251. The monoisotopic (exact) mass is 369 g/mol. The molecule has 0 aliphatic carbocycles. The van der Waals surface area contributed by atoms with Gasteiger partial charge < -0.3 is 19.7 Å². The average Bonchev–Trinajstić information content (AvgIpc) is 2.67. The molecule has 1 aliphatic heterocycles. The van der Waals surface area contributed by atoms with E-state index in [-0.39, 0.29) is 11.9 Å². The number of hydrogen-bond donors (Lipinski definition) is 2. The van der Waals surface area contributed by atoms with Crippen LogP contribution in [0.5, 0.6) is 11.5 Å². The summed E-state index contributed by atoms with van der Waals surface area (Å²) in [4.78, 5) is 13.0. The van der Waals surface area contributed by atoms with Crippen molar-refractivity contribution in [3.63, 3.8) is 0 Å². The highest BCUT2D eigenvalue weighted by molar-refractivity contribution is 5.72. The highest BCUT2D eigenvalue weighted by atomic mass is 16.5. The van der Waals surface area contributed by atoms with E-state index in [1.807, 2.05) is 0 Å². The van der Waals surface area contributed by atoms with Crippen LogP contribution in [0.3, 0.4) is 0 Å². The van der Waals surface area contributed by atoms with Crippen LogP contribution >= 0.6 is 0 Å². The molecule has 27 heavy (non-hydrogen) atoms. The Morgan fingerprint density at radius 2 is 1.81 bits per heavy atom. The molecule has 1 aliphatic rings. The van der Waals surface area contributed by atoms with E-state index in [4.69, 9.17) is 9.47 Å². The van der Waals surface area contributed by atoms with Crippen LogP contribution in [0.4, 0.5) is 0 Å². The van der Waals surface area contributed by atoms with Crippen LogP contribution in [0.2, 0.25) is 0 Å². The molecule has 0 spiro atoms. The second-order valence-electron chi connectivity index (χ2n) is 7.22. The number of nitrogens with one attached hydrogen (secondary N) is 2. The van der Waals surface area contributed by atoms with Crippen LogP contribution < -0.4 is 19.7 Å². The summed E-state index contributed by atoms with van der Waals surface area (Å²) in [6.45, 7) is 6.23. The van der Waals surface area contributed by atoms with Crippen molar-refractivity contribution in [2.75, 3.05) is 27.3 Å². The van der Waals surface area contributed by atoms with E-state index in [1.165, 1.54) is 27.2 Å². The summed E-state index contributed by atoms with van der Waals surface area (Å²) in [5.74, 6) is 1.49. The Hall–Kier alpha value is -2.53. The summed E-state index contributed by atoms with van der Waals surface area (Å²) in [5, 5.41) is 3.02. The van der Waals surface area contributed by atoms with Gasteiger partial charge in [-0.2, -0.15) is 0 Å². The molecular weight excluding hydrogens is 340 g/mol. The Kier molecular flexibility index (Phi) is 6.01. The zero-order chi connectivity index (χ0) is 19.4. The van der Waals surface area contributed by atoms with E-state index in [9.17, 15) is 4.79 Å². The topological polar surface area (TPSA) is 52.0 Å². The predicted octanol–water partition coefficient (Wildman–Crippen LogP) is 1.83. The van der Waals surface area contributed by atoms with Gasteiger partial charge in [0.1, 0.15) is 12.6 Å². The lowest BCUT2D eigenvalue weighted by Crippen LogP contribution is -3.12. The molecule has 2 aromatic carbocycles. The third-order valence-corrected chi connectivity index (χ3v) is 5.34. The van der Waals surface area contributed by atoms with Gasteiger partial charge in [-0.3, -0.25) is 4.79 Å².